The van der Waals surface area contributed by atoms with Crippen molar-refractivity contribution in [3.05, 3.63) is 82.3 Å². The van der Waals surface area contributed by atoms with E-state index in [1.54, 1.807) is 24.3 Å². The summed E-state index contributed by atoms with van der Waals surface area (Å²) in [6.45, 7) is 1.36. The molecule has 0 fully saturated rings. The Morgan fingerprint density at radius 2 is 1.65 bits per heavy atom. The molecular weight excluding hydrogens is 522 g/mol. The summed E-state index contributed by atoms with van der Waals surface area (Å²) >= 11 is 3.35. The summed E-state index contributed by atoms with van der Waals surface area (Å²) in [6.07, 6.45) is 1.47. The van der Waals surface area contributed by atoms with Gasteiger partial charge in [0.2, 0.25) is 0 Å². The smallest absolute Gasteiger partial charge is 0.264 e. The molecule has 8 nitrogen and oxygen atoms in total. The van der Waals surface area contributed by atoms with Crippen molar-refractivity contribution >= 4 is 43.8 Å². The van der Waals surface area contributed by atoms with Crippen LogP contribution in [0.5, 0.6) is 11.5 Å². The van der Waals surface area contributed by atoms with E-state index in [2.05, 4.69) is 26.5 Å². The Morgan fingerprint density at radius 1 is 1.00 bits per heavy atom. The van der Waals surface area contributed by atoms with Crippen LogP contribution in [0.25, 0.3) is 0 Å². The molecule has 0 aliphatic carbocycles. The number of hydrogen-bond donors (Lipinski definition) is 1. The number of benzene rings is 3. The average Bonchev–Trinajstić information content (AvgIpc) is 2.83. The Hall–Kier alpha value is -3.37. The van der Waals surface area contributed by atoms with E-state index in [1.807, 2.05) is 31.2 Å². The summed E-state index contributed by atoms with van der Waals surface area (Å²) in [5, 5.41) is 3.94. The second-order valence-corrected chi connectivity index (χ2v) is 9.99. The standard InChI is InChI=1S/C24H24BrN3O5S/c1-17-4-11-21(12-5-17)34(30,31)28(20-10-13-22(32-2)23(14-20)33-3)16-24(29)27-26-15-18-6-8-19(25)9-7-18/h4-15H,16H2,1-3H3,(H,27,29)/b26-15-. The minimum absolute atomic E-state index is 0.0547. The van der Waals surface area contributed by atoms with Crippen LogP contribution in [0.2, 0.25) is 0 Å². The van der Waals surface area contributed by atoms with E-state index in [0.717, 1.165) is 19.9 Å². The van der Waals surface area contributed by atoms with Crippen LogP contribution in [0.15, 0.2) is 81.2 Å². The number of nitrogens with zero attached hydrogens (tertiary/aromatic N) is 2. The van der Waals surface area contributed by atoms with E-state index in [0.29, 0.717) is 11.5 Å². The minimum Gasteiger partial charge on any atom is -0.493 e. The van der Waals surface area contributed by atoms with Gasteiger partial charge in [0.25, 0.3) is 15.9 Å². The van der Waals surface area contributed by atoms with E-state index in [9.17, 15) is 13.2 Å². The monoisotopic (exact) mass is 545 g/mol. The molecule has 0 radical (unpaired) electrons. The first-order valence-electron chi connectivity index (χ1n) is 10.1. The van der Waals surface area contributed by atoms with Crippen molar-refractivity contribution in [3.63, 3.8) is 0 Å². The molecule has 0 unspecified atom stereocenters. The molecule has 0 bridgehead atoms. The third-order valence-electron chi connectivity index (χ3n) is 4.82. The number of ether oxygens (including phenoxy) is 2. The molecule has 3 aromatic carbocycles. The Labute approximate surface area is 207 Å². The highest BCUT2D eigenvalue weighted by molar-refractivity contribution is 9.10. The number of anilines is 1. The molecule has 0 saturated carbocycles. The Kier molecular flexibility index (Phi) is 8.30. The van der Waals surface area contributed by atoms with Crippen LogP contribution in [-0.2, 0) is 14.8 Å². The van der Waals surface area contributed by atoms with Crippen LogP contribution in [0.3, 0.4) is 0 Å². The van der Waals surface area contributed by atoms with Crippen molar-refractivity contribution in [2.45, 2.75) is 11.8 Å². The first-order chi connectivity index (χ1) is 16.2. The number of hydrazone groups is 1. The van der Waals surface area contributed by atoms with Gasteiger partial charge in [-0.1, -0.05) is 45.8 Å². The van der Waals surface area contributed by atoms with Gasteiger partial charge in [-0.25, -0.2) is 13.8 Å². The largest absolute Gasteiger partial charge is 0.493 e. The van der Waals surface area contributed by atoms with Crippen molar-refractivity contribution in [3.8, 4) is 11.5 Å². The van der Waals surface area contributed by atoms with E-state index < -0.39 is 22.5 Å². The van der Waals surface area contributed by atoms with Crippen molar-refractivity contribution in [2.24, 2.45) is 5.10 Å². The van der Waals surface area contributed by atoms with Gasteiger partial charge in [-0.15, -0.1) is 0 Å². The maximum Gasteiger partial charge on any atom is 0.264 e. The molecule has 178 valence electrons. The zero-order chi connectivity index (χ0) is 24.7. The molecule has 3 rings (SSSR count). The highest BCUT2D eigenvalue weighted by atomic mass is 79.9. The molecule has 0 aromatic heterocycles. The van der Waals surface area contributed by atoms with E-state index >= 15 is 0 Å². The number of hydrogen-bond acceptors (Lipinski definition) is 6. The van der Waals surface area contributed by atoms with E-state index in [-0.39, 0.29) is 10.6 Å². The number of halogens is 1. The fourth-order valence-electron chi connectivity index (χ4n) is 3.03. The normalized spacial score (nSPS) is 11.3. The Bertz CT molecular complexity index is 1280. The highest BCUT2D eigenvalue weighted by Crippen LogP contribution is 2.33. The minimum atomic E-state index is -4.07. The Morgan fingerprint density at radius 3 is 2.26 bits per heavy atom. The topological polar surface area (TPSA) is 97.3 Å². The van der Waals surface area contributed by atoms with Crippen molar-refractivity contribution in [1.29, 1.82) is 0 Å². The summed E-state index contributed by atoms with van der Waals surface area (Å²) in [5.74, 6) is 0.152. The number of methoxy groups -OCH3 is 2. The summed E-state index contributed by atoms with van der Waals surface area (Å²) in [6, 6.07) is 18.3. The SMILES string of the molecule is COc1ccc(N(CC(=O)N/N=C\c2ccc(Br)cc2)S(=O)(=O)c2ccc(C)cc2)cc1OC. The molecule has 1 N–H and O–H groups in total. The van der Waals surface area contributed by atoms with Gasteiger partial charge in [-0.3, -0.25) is 9.10 Å². The molecule has 3 aromatic rings. The second-order valence-electron chi connectivity index (χ2n) is 7.21. The third-order valence-corrected chi connectivity index (χ3v) is 7.14. The van der Waals surface area contributed by atoms with Gasteiger partial charge in [0.1, 0.15) is 6.54 Å². The molecule has 0 heterocycles. The molecule has 0 spiro atoms. The van der Waals surface area contributed by atoms with Gasteiger partial charge in [-0.05, 0) is 48.9 Å². The number of sulfonamides is 1. The first kappa shape index (κ1) is 25.3. The third kappa shape index (κ3) is 6.15. The van der Waals surface area contributed by atoms with Gasteiger partial charge in [-0.2, -0.15) is 5.10 Å². The number of carbonyl (C=O) groups is 1. The molecule has 0 aliphatic heterocycles. The highest BCUT2D eigenvalue weighted by Gasteiger charge is 2.28. The maximum absolute atomic E-state index is 13.5. The molecular formula is C24H24BrN3O5S. The van der Waals surface area contributed by atoms with Crippen LogP contribution in [-0.4, -0.2) is 41.3 Å². The quantitative estimate of drug-likeness (QED) is 0.322. The van der Waals surface area contributed by atoms with E-state index in [4.69, 9.17) is 9.47 Å². The zero-order valence-corrected chi connectivity index (χ0v) is 21.3. The molecule has 0 atom stereocenters. The van der Waals surface area contributed by atoms with Gasteiger partial charge in [0, 0.05) is 10.5 Å². The number of amides is 1. The van der Waals surface area contributed by atoms with Crippen LogP contribution < -0.4 is 19.2 Å². The molecule has 10 heteroatoms. The fourth-order valence-corrected chi connectivity index (χ4v) is 4.70. The lowest BCUT2D eigenvalue weighted by molar-refractivity contribution is -0.119. The number of aryl methyl sites for hydroxylation is 1. The molecule has 1 amide bonds. The van der Waals surface area contributed by atoms with Crippen LogP contribution in [0.1, 0.15) is 11.1 Å². The lowest BCUT2D eigenvalue weighted by Crippen LogP contribution is -2.39. The number of carbonyl (C=O) groups excluding carboxylic acids is 1. The maximum atomic E-state index is 13.5. The van der Waals surface area contributed by atoms with E-state index in [1.165, 1.54) is 38.6 Å². The first-order valence-corrected chi connectivity index (χ1v) is 12.4. The summed E-state index contributed by atoms with van der Waals surface area (Å²) in [4.78, 5) is 12.7. The lowest BCUT2D eigenvalue weighted by Gasteiger charge is -2.24. The lowest BCUT2D eigenvalue weighted by atomic mass is 10.2. The van der Waals surface area contributed by atoms with Gasteiger partial charge >= 0.3 is 0 Å². The fraction of sp³-hybridized carbons (Fsp3) is 0.167. The zero-order valence-electron chi connectivity index (χ0n) is 18.9. The van der Waals surface area contributed by atoms with Gasteiger partial charge in [0.15, 0.2) is 11.5 Å². The van der Waals surface area contributed by atoms with Crippen molar-refractivity contribution < 1.29 is 22.7 Å². The predicted octanol–water partition coefficient (Wildman–Crippen LogP) is 4.12. The second kappa shape index (κ2) is 11.2. The van der Waals surface area contributed by atoms with Crippen LogP contribution >= 0.6 is 15.9 Å². The number of nitrogens with one attached hydrogen (secondary N) is 1. The molecule has 0 saturated heterocycles. The summed E-state index contributed by atoms with van der Waals surface area (Å²) in [7, 11) is -1.14. The molecule has 0 aliphatic rings. The van der Waals surface area contributed by atoms with Gasteiger partial charge < -0.3 is 9.47 Å². The van der Waals surface area contributed by atoms with Crippen molar-refractivity contribution in [1.82, 2.24) is 5.43 Å². The number of rotatable bonds is 9. The van der Waals surface area contributed by atoms with Gasteiger partial charge in [0.05, 0.1) is 31.0 Å². The average molecular weight is 546 g/mol. The summed E-state index contributed by atoms with van der Waals surface area (Å²) < 4.78 is 39.5. The predicted molar refractivity (Wildman–Crippen MR) is 135 cm³/mol. The van der Waals surface area contributed by atoms with Crippen LogP contribution in [0.4, 0.5) is 5.69 Å². The summed E-state index contributed by atoms with van der Waals surface area (Å²) in [5.41, 5.74) is 4.31. The molecule has 34 heavy (non-hydrogen) atoms. The van der Waals surface area contributed by atoms with Crippen molar-refractivity contribution in [2.75, 3.05) is 25.1 Å². The Balaban J connectivity index is 1.90. The van der Waals surface area contributed by atoms with Crippen LogP contribution in [0, 0.1) is 6.92 Å².